The molecule has 0 saturated heterocycles. The van der Waals surface area contributed by atoms with E-state index in [4.69, 9.17) is 0 Å². The highest BCUT2D eigenvalue weighted by Gasteiger charge is 2.16. The van der Waals surface area contributed by atoms with Gasteiger partial charge in [-0.1, -0.05) is 48.0 Å². The van der Waals surface area contributed by atoms with Crippen LogP contribution in [0.2, 0.25) is 0 Å². The number of ketones is 1. The molecular weight excluding hydrogens is 338 g/mol. The SMILES string of the molecule is Cc1ccc(C(=O)C[n+]2ccc3ccccc3c2C)cc1.[Br-]. The first kappa shape index (κ1) is 16.4. The van der Waals surface area contributed by atoms with Gasteiger partial charge in [0.1, 0.15) is 0 Å². The molecule has 3 aromatic rings. The number of pyridine rings is 1. The molecular formula is C19H18BrNO. The number of halogens is 1. The lowest BCUT2D eigenvalue weighted by Crippen LogP contribution is -3.00. The van der Waals surface area contributed by atoms with E-state index >= 15 is 0 Å². The van der Waals surface area contributed by atoms with Crippen molar-refractivity contribution in [2.45, 2.75) is 20.4 Å². The van der Waals surface area contributed by atoms with Crippen LogP contribution in [0.3, 0.4) is 0 Å². The van der Waals surface area contributed by atoms with Crippen molar-refractivity contribution >= 4 is 16.6 Å². The summed E-state index contributed by atoms with van der Waals surface area (Å²) in [6.07, 6.45) is 1.99. The molecule has 2 nitrogen and oxygen atoms in total. The second-order valence-electron chi connectivity index (χ2n) is 5.41. The number of aromatic nitrogens is 1. The Morgan fingerprint density at radius 2 is 1.64 bits per heavy atom. The van der Waals surface area contributed by atoms with Crippen LogP contribution in [0.5, 0.6) is 0 Å². The molecule has 0 fully saturated rings. The van der Waals surface area contributed by atoms with E-state index < -0.39 is 0 Å². The second kappa shape index (κ2) is 6.84. The third kappa shape index (κ3) is 3.25. The Kier molecular flexibility index (Phi) is 5.09. The smallest absolute Gasteiger partial charge is 0.227 e. The van der Waals surface area contributed by atoms with E-state index in [9.17, 15) is 4.79 Å². The van der Waals surface area contributed by atoms with Gasteiger partial charge in [0.15, 0.2) is 11.9 Å². The summed E-state index contributed by atoms with van der Waals surface area (Å²) in [5.74, 6) is 0.137. The monoisotopic (exact) mass is 355 g/mol. The first-order valence-electron chi connectivity index (χ1n) is 7.13. The third-order valence-corrected chi connectivity index (χ3v) is 3.90. The molecule has 0 N–H and O–H groups in total. The molecule has 0 aliphatic rings. The fourth-order valence-corrected chi connectivity index (χ4v) is 2.57. The number of carbonyl (C=O) groups excluding carboxylic acids is 1. The van der Waals surface area contributed by atoms with Gasteiger partial charge >= 0.3 is 0 Å². The van der Waals surface area contributed by atoms with Gasteiger partial charge in [0.05, 0.1) is 0 Å². The van der Waals surface area contributed by atoms with E-state index in [1.165, 1.54) is 16.3 Å². The zero-order valence-corrected chi connectivity index (χ0v) is 14.3. The number of rotatable bonds is 3. The summed E-state index contributed by atoms with van der Waals surface area (Å²) in [4.78, 5) is 12.4. The number of hydrogen-bond donors (Lipinski definition) is 0. The highest BCUT2D eigenvalue weighted by atomic mass is 79.9. The standard InChI is InChI=1S/C19H18NO.BrH/c1-14-7-9-17(10-8-14)19(21)13-20-12-11-16-5-3-4-6-18(16)15(20)2;/h3-12H,13H2,1-2H3;1H/q+1;/p-1. The molecule has 0 spiro atoms. The maximum atomic E-state index is 12.4. The molecule has 0 aliphatic carbocycles. The molecule has 0 amide bonds. The van der Waals surface area contributed by atoms with E-state index in [0.717, 1.165) is 11.3 Å². The lowest BCUT2D eigenvalue weighted by molar-refractivity contribution is -0.687. The highest BCUT2D eigenvalue weighted by Crippen LogP contribution is 2.14. The quantitative estimate of drug-likeness (QED) is 0.498. The van der Waals surface area contributed by atoms with Crippen LogP contribution in [0.4, 0.5) is 0 Å². The molecule has 0 aliphatic heterocycles. The molecule has 2 aromatic carbocycles. The van der Waals surface area contributed by atoms with Crippen LogP contribution in [-0.4, -0.2) is 5.78 Å². The second-order valence-corrected chi connectivity index (χ2v) is 5.41. The summed E-state index contributed by atoms with van der Waals surface area (Å²) in [5, 5.41) is 2.39. The topological polar surface area (TPSA) is 20.9 Å². The minimum atomic E-state index is 0. The maximum absolute atomic E-state index is 12.4. The molecule has 3 heteroatoms. The van der Waals surface area contributed by atoms with Gasteiger partial charge in [0.2, 0.25) is 12.3 Å². The molecule has 0 atom stereocenters. The van der Waals surface area contributed by atoms with Crippen molar-refractivity contribution in [2.24, 2.45) is 0 Å². The zero-order chi connectivity index (χ0) is 14.8. The van der Waals surface area contributed by atoms with Crippen molar-refractivity contribution in [3.63, 3.8) is 0 Å². The van der Waals surface area contributed by atoms with Gasteiger partial charge in [-0.2, -0.15) is 4.57 Å². The van der Waals surface area contributed by atoms with Gasteiger partial charge in [-0.05, 0) is 18.4 Å². The minimum Gasteiger partial charge on any atom is -1.00 e. The largest absolute Gasteiger partial charge is 1.00 e. The Labute approximate surface area is 141 Å². The van der Waals surface area contributed by atoms with Crippen LogP contribution in [0.25, 0.3) is 10.8 Å². The van der Waals surface area contributed by atoms with Crippen LogP contribution >= 0.6 is 0 Å². The van der Waals surface area contributed by atoms with Gasteiger partial charge in [0.25, 0.3) is 0 Å². The Hall–Kier alpha value is -2.00. The number of carbonyl (C=O) groups is 1. The van der Waals surface area contributed by atoms with Gasteiger partial charge in [-0.15, -0.1) is 0 Å². The Morgan fingerprint density at radius 3 is 2.36 bits per heavy atom. The van der Waals surface area contributed by atoms with Crippen molar-refractivity contribution in [3.05, 3.63) is 77.6 Å². The maximum Gasteiger partial charge on any atom is 0.227 e. The highest BCUT2D eigenvalue weighted by molar-refractivity contribution is 5.95. The van der Waals surface area contributed by atoms with Gasteiger partial charge in [0, 0.05) is 23.9 Å². The molecule has 0 saturated carbocycles. The van der Waals surface area contributed by atoms with Crippen molar-refractivity contribution < 1.29 is 26.3 Å². The van der Waals surface area contributed by atoms with Crippen LogP contribution in [0.1, 0.15) is 21.6 Å². The number of benzene rings is 2. The number of nitrogens with zero attached hydrogens (tertiary/aromatic N) is 1. The fraction of sp³-hybridized carbons (Fsp3) is 0.158. The van der Waals surface area contributed by atoms with Crippen LogP contribution in [-0.2, 0) is 6.54 Å². The Morgan fingerprint density at radius 1 is 0.955 bits per heavy atom. The predicted molar refractivity (Wildman–Crippen MR) is 84.4 cm³/mol. The summed E-state index contributed by atoms with van der Waals surface area (Å²) in [5.41, 5.74) is 3.05. The third-order valence-electron chi connectivity index (χ3n) is 3.90. The average Bonchev–Trinajstić information content (AvgIpc) is 2.51. The fourth-order valence-electron chi connectivity index (χ4n) is 2.57. The van der Waals surface area contributed by atoms with E-state index in [1.807, 2.05) is 54.1 Å². The molecule has 112 valence electrons. The molecule has 1 heterocycles. The zero-order valence-electron chi connectivity index (χ0n) is 12.7. The summed E-state index contributed by atoms with van der Waals surface area (Å²) in [6, 6.07) is 18.1. The molecule has 0 unspecified atom stereocenters. The first-order valence-corrected chi connectivity index (χ1v) is 7.13. The number of aryl methyl sites for hydroxylation is 2. The number of hydrogen-bond acceptors (Lipinski definition) is 1. The Balaban J connectivity index is 0.00000176. The number of fused-ring (bicyclic) bond motifs is 1. The summed E-state index contributed by atoms with van der Waals surface area (Å²) in [6.45, 7) is 4.46. The Bertz CT molecular complexity index is 809. The summed E-state index contributed by atoms with van der Waals surface area (Å²) < 4.78 is 2.02. The van der Waals surface area contributed by atoms with Crippen molar-refractivity contribution in [2.75, 3.05) is 0 Å². The lowest BCUT2D eigenvalue weighted by Gasteiger charge is -2.04. The molecule has 0 radical (unpaired) electrons. The normalized spacial score (nSPS) is 10.3. The van der Waals surface area contributed by atoms with Crippen LogP contribution in [0, 0.1) is 13.8 Å². The predicted octanol–water partition coefficient (Wildman–Crippen LogP) is 0.631. The van der Waals surface area contributed by atoms with E-state index in [2.05, 4.69) is 25.1 Å². The minimum absolute atomic E-state index is 0. The molecule has 1 aromatic heterocycles. The molecule has 3 rings (SSSR count). The van der Waals surface area contributed by atoms with Gasteiger partial charge in [-0.25, -0.2) is 0 Å². The van der Waals surface area contributed by atoms with Crippen LogP contribution in [0.15, 0.2) is 60.8 Å². The van der Waals surface area contributed by atoms with E-state index in [-0.39, 0.29) is 22.8 Å². The van der Waals surface area contributed by atoms with Gasteiger partial charge < -0.3 is 17.0 Å². The molecule has 0 bridgehead atoms. The average molecular weight is 356 g/mol. The summed E-state index contributed by atoms with van der Waals surface area (Å²) >= 11 is 0. The van der Waals surface area contributed by atoms with Gasteiger partial charge in [-0.3, -0.25) is 4.79 Å². The van der Waals surface area contributed by atoms with Crippen molar-refractivity contribution in [1.29, 1.82) is 0 Å². The number of Topliss-reactive ketones (excluding diaryl/α,β-unsaturated/α-hetero) is 1. The van der Waals surface area contributed by atoms with Crippen LogP contribution < -0.4 is 21.5 Å². The van der Waals surface area contributed by atoms with E-state index in [0.29, 0.717) is 6.54 Å². The molecule has 22 heavy (non-hydrogen) atoms. The first-order chi connectivity index (χ1) is 10.1. The van der Waals surface area contributed by atoms with E-state index in [1.54, 1.807) is 0 Å². The summed E-state index contributed by atoms with van der Waals surface area (Å²) in [7, 11) is 0. The van der Waals surface area contributed by atoms with Crippen molar-refractivity contribution in [1.82, 2.24) is 0 Å². The lowest BCUT2D eigenvalue weighted by atomic mass is 10.1. The van der Waals surface area contributed by atoms with Crippen molar-refractivity contribution in [3.8, 4) is 0 Å².